The highest BCUT2D eigenvalue weighted by Gasteiger charge is 2.22. The number of hydrogen-bond acceptors (Lipinski definition) is 5. The van der Waals surface area contributed by atoms with Gasteiger partial charge >= 0.3 is 0 Å². The number of hydrogen-bond donors (Lipinski definition) is 1. The van der Waals surface area contributed by atoms with Crippen molar-refractivity contribution in [3.63, 3.8) is 0 Å². The van der Waals surface area contributed by atoms with Gasteiger partial charge in [-0.2, -0.15) is 15.6 Å². The number of anilines is 1. The standard InChI is InChI=1S/C10H12N6O/c1-2-16-9(8(13)7-14-16)10(17)15(5-3-11)6-4-12/h7H,2,5-6,13H2,1H3. The van der Waals surface area contributed by atoms with Gasteiger partial charge in [-0.05, 0) is 6.92 Å². The molecule has 7 heteroatoms. The monoisotopic (exact) mass is 232 g/mol. The van der Waals surface area contributed by atoms with E-state index in [1.807, 2.05) is 19.1 Å². The lowest BCUT2D eigenvalue weighted by atomic mass is 10.3. The molecule has 88 valence electrons. The Morgan fingerprint density at radius 1 is 1.53 bits per heavy atom. The molecule has 0 aliphatic carbocycles. The van der Waals surface area contributed by atoms with Gasteiger partial charge < -0.3 is 10.6 Å². The fourth-order valence-corrected chi connectivity index (χ4v) is 1.39. The Labute approximate surface area is 98.6 Å². The SMILES string of the molecule is CCn1ncc(N)c1C(=O)N(CC#N)CC#N. The molecule has 0 spiro atoms. The van der Waals surface area contributed by atoms with Gasteiger partial charge in [0.15, 0.2) is 0 Å². The van der Waals surface area contributed by atoms with Crippen LogP contribution in [0.5, 0.6) is 0 Å². The first-order valence-corrected chi connectivity index (χ1v) is 5.00. The minimum atomic E-state index is -0.454. The summed E-state index contributed by atoms with van der Waals surface area (Å²) < 4.78 is 1.44. The molecule has 0 aliphatic rings. The molecule has 0 saturated heterocycles. The Hall–Kier alpha value is -2.54. The average Bonchev–Trinajstić information content (AvgIpc) is 2.69. The van der Waals surface area contributed by atoms with Crippen molar-refractivity contribution in [2.45, 2.75) is 13.5 Å². The Balaban J connectivity index is 3.05. The van der Waals surface area contributed by atoms with Crippen molar-refractivity contribution in [3.05, 3.63) is 11.9 Å². The molecule has 0 bridgehead atoms. The van der Waals surface area contributed by atoms with Crippen molar-refractivity contribution in [1.82, 2.24) is 14.7 Å². The van der Waals surface area contributed by atoms with E-state index in [1.165, 1.54) is 10.9 Å². The maximum Gasteiger partial charge on any atom is 0.275 e. The van der Waals surface area contributed by atoms with Crippen LogP contribution in [-0.4, -0.2) is 33.7 Å². The second-order valence-electron chi connectivity index (χ2n) is 3.24. The third-order valence-corrected chi connectivity index (χ3v) is 2.18. The maximum absolute atomic E-state index is 12.1. The van der Waals surface area contributed by atoms with Gasteiger partial charge in [-0.25, -0.2) is 0 Å². The first-order chi connectivity index (χ1) is 8.15. The number of aryl methyl sites for hydroxylation is 1. The largest absolute Gasteiger partial charge is 0.396 e. The number of nitrogens with two attached hydrogens (primary N) is 1. The van der Waals surface area contributed by atoms with Crippen LogP contribution in [0.25, 0.3) is 0 Å². The van der Waals surface area contributed by atoms with Crippen LogP contribution in [0.1, 0.15) is 17.4 Å². The molecule has 2 N–H and O–H groups in total. The van der Waals surface area contributed by atoms with Crippen LogP contribution in [0.15, 0.2) is 6.20 Å². The molecule has 1 aromatic rings. The lowest BCUT2D eigenvalue weighted by Gasteiger charge is -2.16. The van der Waals surface area contributed by atoms with E-state index >= 15 is 0 Å². The van der Waals surface area contributed by atoms with Crippen molar-refractivity contribution in [2.24, 2.45) is 0 Å². The molecule has 0 radical (unpaired) electrons. The number of nitriles is 2. The predicted molar refractivity (Wildman–Crippen MR) is 59.4 cm³/mol. The smallest absolute Gasteiger partial charge is 0.275 e. The van der Waals surface area contributed by atoms with Gasteiger partial charge in [0, 0.05) is 6.54 Å². The van der Waals surface area contributed by atoms with Gasteiger partial charge in [0.25, 0.3) is 5.91 Å². The number of nitrogen functional groups attached to an aromatic ring is 1. The lowest BCUT2D eigenvalue weighted by Crippen LogP contribution is -2.33. The summed E-state index contributed by atoms with van der Waals surface area (Å²) in [7, 11) is 0. The van der Waals surface area contributed by atoms with Gasteiger partial charge in [-0.15, -0.1) is 0 Å². The number of carbonyl (C=O) groups excluding carboxylic acids is 1. The highest BCUT2D eigenvalue weighted by Crippen LogP contribution is 2.13. The van der Waals surface area contributed by atoms with Crippen LogP contribution in [0, 0.1) is 22.7 Å². The summed E-state index contributed by atoms with van der Waals surface area (Å²) in [4.78, 5) is 13.2. The van der Waals surface area contributed by atoms with E-state index < -0.39 is 5.91 Å². The summed E-state index contributed by atoms with van der Waals surface area (Å²) in [6.07, 6.45) is 1.38. The number of carbonyl (C=O) groups is 1. The van der Waals surface area contributed by atoms with E-state index in [4.69, 9.17) is 16.3 Å². The van der Waals surface area contributed by atoms with Crippen molar-refractivity contribution in [2.75, 3.05) is 18.8 Å². The predicted octanol–water partition coefficient (Wildman–Crippen LogP) is -0.0254. The summed E-state index contributed by atoms with van der Waals surface area (Å²) in [5.41, 5.74) is 6.12. The molecule has 1 aromatic heterocycles. The van der Waals surface area contributed by atoms with Crippen LogP contribution >= 0.6 is 0 Å². The quantitative estimate of drug-likeness (QED) is 0.733. The van der Waals surface area contributed by atoms with Crippen molar-refractivity contribution >= 4 is 11.6 Å². The zero-order valence-corrected chi connectivity index (χ0v) is 9.42. The molecule has 1 heterocycles. The number of nitrogens with zero attached hydrogens (tertiary/aromatic N) is 5. The number of aromatic nitrogens is 2. The van der Waals surface area contributed by atoms with Crippen molar-refractivity contribution in [1.29, 1.82) is 10.5 Å². The summed E-state index contributed by atoms with van der Waals surface area (Å²) in [6.45, 7) is 2.01. The van der Waals surface area contributed by atoms with Crippen molar-refractivity contribution in [3.8, 4) is 12.1 Å². The fourth-order valence-electron chi connectivity index (χ4n) is 1.39. The summed E-state index contributed by atoms with van der Waals surface area (Å²) in [5.74, 6) is -0.454. The van der Waals surface area contributed by atoms with Crippen LogP contribution in [-0.2, 0) is 6.54 Å². The van der Waals surface area contributed by atoms with Gasteiger partial charge in [0.05, 0.1) is 24.0 Å². The summed E-state index contributed by atoms with van der Waals surface area (Å²) in [6, 6.07) is 3.67. The molecule has 1 amide bonds. The molecule has 1 rings (SSSR count). The Morgan fingerprint density at radius 2 is 2.12 bits per heavy atom. The van der Waals surface area contributed by atoms with Crippen LogP contribution in [0.4, 0.5) is 5.69 Å². The Bertz CT molecular complexity index is 476. The van der Waals surface area contributed by atoms with Crippen LogP contribution < -0.4 is 5.73 Å². The number of amides is 1. The minimum absolute atomic E-state index is 0.152. The van der Waals surface area contributed by atoms with Gasteiger partial charge in [0.2, 0.25) is 0 Å². The highest BCUT2D eigenvalue weighted by atomic mass is 16.2. The third kappa shape index (κ3) is 2.52. The second kappa shape index (κ2) is 5.52. The van der Waals surface area contributed by atoms with Crippen LogP contribution in [0.3, 0.4) is 0 Å². The zero-order valence-electron chi connectivity index (χ0n) is 9.42. The average molecular weight is 232 g/mol. The molecule has 7 nitrogen and oxygen atoms in total. The van der Waals surface area contributed by atoms with Crippen molar-refractivity contribution < 1.29 is 4.79 Å². The molecule has 0 atom stereocenters. The Morgan fingerprint density at radius 3 is 2.59 bits per heavy atom. The molecular formula is C10H12N6O. The zero-order chi connectivity index (χ0) is 12.8. The van der Waals surface area contributed by atoms with Gasteiger partial charge in [-0.1, -0.05) is 0 Å². The van der Waals surface area contributed by atoms with Gasteiger partial charge in [0.1, 0.15) is 18.8 Å². The van der Waals surface area contributed by atoms with E-state index in [0.717, 1.165) is 4.90 Å². The van der Waals surface area contributed by atoms with E-state index in [2.05, 4.69) is 5.10 Å². The van der Waals surface area contributed by atoms with E-state index in [-0.39, 0.29) is 24.5 Å². The highest BCUT2D eigenvalue weighted by molar-refractivity contribution is 5.97. The molecular weight excluding hydrogens is 220 g/mol. The van der Waals surface area contributed by atoms with E-state index in [9.17, 15) is 4.79 Å². The molecule has 0 aliphatic heterocycles. The molecule has 0 unspecified atom stereocenters. The second-order valence-corrected chi connectivity index (χ2v) is 3.24. The molecule has 0 fully saturated rings. The molecule has 0 saturated carbocycles. The van der Waals surface area contributed by atoms with E-state index in [1.54, 1.807) is 0 Å². The summed E-state index contributed by atoms with van der Waals surface area (Å²) in [5, 5.41) is 21.1. The number of rotatable bonds is 4. The topological polar surface area (TPSA) is 112 Å². The normalized spacial score (nSPS) is 9.35. The van der Waals surface area contributed by atoms with Gasteiger partial charge in [-0.3, -0.25) is 9.48 Å². The first-order valence-electron chi connectivity index (χ1n) is 5.00. The lowest BCUT2D eigenvalue weighted by molar-refractivity contribution is 0.0783. The maximum atomic E-state index is 12.1. The fraction of sp³-hybridized carbons (Fsp3) is 0.400. The minimum Gasteiger partial charge on any atom is -0.396 e. The summed E-state index contributed by atoms with van der Waals surface area (Å²) >= 11 is 0. The third-order valence-electron chi connectivity index (χ3n) is 2.18. The first kappa shape index (κ1) is 12.5. The van der Waals surface area contributed by atoms with Crippen LogP contribution in [0.2, 0.25) is 0 Å². The molecule has 0 aromatic carbocycles. The Kier molecular flexibility index (Phi) is 4.07. The molecule has 17 heavy (non-hydrogen) atoms. The van der Waals surface area contributed by atoms with E-state index in [0.29, 0.717) is 6.54 Å².